The van der Waals surface area contributed by atoms with E-state index in [4.69, 9.17) is 4.74 Å². The van der Waals surface area contributed by atoms with E-state index in [-0.39, 0.29) is 29.8 Å². The summed E-state index contributed by atoms with van der Waals surface area (Å²) >= 11 is 0. The van der Waals surface area contributed by atoms with Crippen molar-refractivity contribution in [2.75, 3.05) is 33.4 Å². The van der Waals surface area contributed by atoms with Gasteiger partial charge in [-0.2, -0.15) is 0 Å². The van der Waals surface area contributed by atoms with Crippen molar-refractivity contribution in [1.29, 1.82) is 0 Å². The van der Waals surface area contributed by atoms with E-state index in [1.807, 2.05) is 4.90 Å². The van der Waals surface area contributed by atoms with Crippen molar-refractivity contribution in [3.05, 3.63) is 12.2 Å². The van der Waals surface area contributed by atoms with Crippen molar-refractivity contribution in [3.8, 4) is 0 Å². The number of halogens is 1. The summed E-state index contributed by atoms with van der Waals surface area (Å²) in [6.45, 7) is 6.57. The molecule has 142 valence electrons. The van der Waals surface area contributed by atoms with Gasteiger partial charge in [0.1, 0.15) is 6.33 Å². The third-order valence-corrected chi connectivity index (χ3v) is 5.59. The normalized spacial score (nSPS) is 21.2. The number of amides is 1. The molecule has 1 amide bonds. The number of carbonyl (C=O) groups excluding carboxylic acids is 1. The molecule has 3 heterocycles. The summed E-state index contributed by atoms with van der Waals surface area (Å²) in [7, 11) is 1.71. The van der Waals surface area contributed by atoms with Gasteiger partial charge in [0.2, 0.25) is 5.91 Å². The Bertz CT molecular complexity index is 559. The number of aryl methyl sites for hydroxylation is 1. The Kier molecular flexibility index (Phi) is 7.22. The van der Waals surface area contributed by atoms with Gasteiger partial charge >= 0.3 is 0 Å². The number of likely N-dealkylation sites (tertiary alicyclic amines) is 1. The van der Waals surface area contributed by atoms with E-state index < -0.39 is 0 Å². The van der Waals surface area contributed by atoms with Crippen LogP contribution in [0.2, 0.25) is 0 Å². The monoisotopic (exact) mass is 371 g/mol. The first-order valence-electron chi connectivity index (χ1n) is 9.02. The number of rotatable bonds is 6. The molecular formula is C17H30ClN5O2. The smallest absolute Gasteiger partial charge is 0.223 e. The Morgan fingerprint density at radius 1 is 1.36 bits per heavy atom. The van der Waals surface area contributed by atoms with Crippen LogP contribution in [0, 0.1) is 5.41 Å². The van der Waals surface area contributed by atoms with Crippen LogP contribution in [-0.2, 0) is 16.1 Å². The highest BCUT2D eigenvalue weighted by Gasteiger charge is 2.41. The van der Waals surface area contributed by atoms with E-state index in [1.54, 1.807) is 13.4 Å². The molecular weight excluding hydrogens is 342 g/mol. The van der Waals surface area contributed by atoms with E-state index in [1.165, 1.54) is 0 Å². The first-order valence-corrected chi connectivity index (χ1v) is 9.02. The molecule has 1 aromatic heterocycles. The molecule has 7 nitrogen and oxygen atoms in total. The third-order valence-electron chi connectivity index (χ3n) is 5.59. The number of carbonyl (C=O) groups is 1. The first-order chi connectivity index (χ1) is 11.7. The number of nitrogens with one attached hydrogen (secondary N) is 1. The van der Waals surface area contributed by atoms with Crippen LogP contribution >= 0.6 is 12.4 Å². The number of methoxy groups -OCH3 is 1. The number of ether oxygens (including phenoxy) is 1. The van der Waals surface area contributed by atoms with Gasteiger partial charge in [-0.15, -0.1) is 22.6 Å². The second-order valence-electron chi connectivity index (χ2n) is 7.18. The summed E-state index contributed by atoms with van der Waals surface area (Å²) in [4.78, 5) is 14.6. The highest BCUT2D eigenvalue weighted by Crippen LogP contribution is 2.40. The molecule has 0 aromatic carbocycles. The van der Waals surface area contributed by atoms with Gasteiger partial charge in [0.25, 0.3) is 0 Å². The minimum Gasteiger partial charge on any atom is -0.385 e. The zero-order valence-corrected chi connectivity index (χ0v) is 16.1. The van der Waals surface area contributed by atoms with E-state index in [2.05, 4.69) is 27.0 Å². The fourth-order valence-electron chi connectivity index (χ4n) is 4.04. The van der Waals surface area contributed by atoms with Crippen molar-refractivity contribution < 1.29 is 9.53 Å². The van der Waals surface area contributed by atoms with E-state index in [9.17, 15) is 4.79 Å². The molecule has 0 saturated carbocycles. The van der Waals surface area contributed by atoms with Gasteiger partial charge in [-0.3, -0.25) is 4.79 Å². The van der Waals surface area contributed by atoms with Crippen LogP contribution < -0.4 is 5.32 Å². The molecule has 1 spiro atoms. The molecule has 1 N–H and O–H groups in total. The van der Waals surface area contributed by atoms with Crippen molar-refractivity contribution in [1.82, 2.24) is 25.0 Å². The van der Waals surface area contributed by atoms with Crippen LogP contribution in [0.5, 0.6) is 0 Å². The molecule has 1 aromatic rings. The van der Waals surface area contributed by atoms with E-state index >= 15 is 0 Å². The summed E-state index contributed by atoms with van der Waals surface area (Å²) in [6, 6.07) is -0.0328. The molecule has 1 unspecified atom stereocenters. The minimum atomic E-state index is -0.0328. The summed E-state index contributed by atoms with van der Waals surface area (Å²) in [5.74, 6) is 1.13. The van der Waals surface area contributed by atoms with Crippen LogP contribution in [0.3, 0.4) is 0 Å². The molecule has 0 bridgehead atoms. The molecule has 2 aliphatic heterocycles. The fourth-order valence-corrected chi connectivity index (χ4v) is 4.04. The van der Waals surface area contributed by atoms with E-state index in [0.29, 0.717) is 13.0 Å². The summed E-state index contributed by atoms with van der Waals surface area (Å²) in [6.07, 6.45) is 6.67. The second kappa shape index (κ2) is 8.96. The van der Waals surface area contributed by atoms with Crippen LogP contribution in [0.15, 0.2) is 6.33 Å². The maximum absolute atomic E-state index is 12.6. The van der Waals surface area contributed by atoms with Crippen molar-refractivity contribution in [2.24, 2.45) is 5.41 Å². The average molecular weight is 372 g/mol. The number of nitrogens with zero attached hydrogens (tertiary/aromatic N) is 4. The van der Waals surface area contributed by atoms with Crippen molar-refractivity contribution in [3.63, 3.8) is 0 Å². The Labute approximate surface area is 155 Å². The molecule has 0 radical (unpaired) electrons. The molecule has 0 aliphatic carbocycles. The van der Waals surface area contributed by atoms with Crippen LogP contribution in [0.1, 0.15) is 50.9 Å². The molecule has 2 saturated heterocycles. The van der Waals surface area contributed by atoms with Gasteiger partial charge in [-0.1, -0.05) is 0 Å². The largest absolute Gasteiger partial charge is 0.385 e. The number of hydrogen-bond acceptors (Lipinski definition) is 5. The van der Waals surface area contributed by atoms with Crippen LogP contribution in [0.4, 0.5) is 0 Å². The summed E-state index contributed by atoms with van der Waals surface area (Å²) < 4.78 is 7.18. The summed E-state index contributed by atoms with van der Waals surface area (Å²) in [5.41, 5.74) is 0.286. The van der Waals surface area contributed by atoms with Crippen LogP contribution in [0.25, 0.3) is 0 Å². The highest BCUT2D eigenvalue weighted by atomic mass is 35.5. The molecule has 2 aliphatic rings. The molecule has 8 heteroatoms. The molecule has 25 heavy (non-hydrogen) atoms. The minimum absolute atomic E-state index is 0. The lowest BCUT2D eigenvalue weighted by molar-refractivity contribution is -0.141. The lowest BCUT2D eigenvalue weighted by atomic mass is 9.72. The first kappa shape index (κ1) is 20.1. The van der Waals surface area contributed by atoms with Gasteiger partial charge in [0.15, 0.2) is 5.82 Å². The van der Waals surface area contributed by atoms with Gasteiger partial charge in [0.05, 0.1) is 6.04 Å². The molecule has 2 fully saturated rings. The van der Waals surface area contributed by atoms with Crippen molar-refractivity contribution in [2.45, 2.75) is 51.6 Å². The van der Waals surface area contributed by atoms with Gasteiger partial charge in [-0.05, 0) is 51.1 Å². The van der Waals surface area contributed by atoms with Gasteiger partial charge < -0.3 is 19.5 Å². The van der Waals surface area contributed by atoms with Crippen LogP contribution in [-0.4, -0.2) is 58.9 Å². The Balaban J connectivity index is 0.00000225. The maximum Gasteiger partial charge on any atom is 0.223 e. The zero-order chi connectivity index (χ0) is 17.0. The predicted molar refractivity (Wildman–Crippen MR) is 97.7 cm³/mol. The Morgan fingerprint density at radius 3 is 2.84 bits per heavy atom. The Morgan fingerprint density at radius 2 is 2.12 bits per heavy atom. The standard InChI is InChI=1S/C17H29N5O2.ClH/c1-14(16-20-19-13-21(16)10-3-11-24-2)22-12-17(5-4-15(22)23)6-8-18-9-7-17;/h13-14,18H,3-12H2,1-2H3;1H. The van der Waals surface area contributed by atoms with E-state index in [0.717, 1.165) is 57.7 Å². The lowest BCUT2D eigenvalue weighted by Gasteiger charge is -2.46. The fraction of sp³-hybridized carbons (Fsp3) is 0.824. The zero-order valence-electron chi connectivity index (χ0n) is 15.2. The van der Waals surface area contributed by atoms with Crippen molar-refractivity contribution >= 4 is 18.3 Å². The number of hydrogen-bond donors (Lipinski definition) is 1. The van der Waals surface area contributed by atoms with Gasteiger partial charge in [0, 0.05) is 33.2 Å². The van der Waals surface area contributed by atoms with Gasteiger partial charge in [-0.25, -0.2) is 0 Å². The molecule has 1 atom stereocenters. The topological polar surface area (TPSA) is 72.3 Å². The third kappa shape index (κ3) is 4.51. The number of aromatic nitrogens is 3. The molecule has 3 rings (SSSR count). The summed E-state index contributed by atoms with van der Waals surface area (Å²) in [5, 5.41) is 11.8. The quantitative estimate of drug-likeness (QED) is 0.772. The predicted octanol–water partition coefficient (Wildman–Crippen LogP) is 1.79. The highest BCUT2D eigenvalue weighted by molar-refractivity contribution is 5.85. The maximum atomic E-state index is 12.6. The lowest BCUT2D eigenvalue weighted by Crippen LogP contribution is -2.51. The Hall–Kier alpha value is -1.18. The number of piperidine rings is 2. The average Bonchev–Trinajstić information content (AvgIpc) is 3.06. The second-order valence-corrected chi connectivity index (χ2v) is 7.18. The SMILES string of the molecule is COCCCn1cnnc1C(C)N1CC2(CCNCC2)CCC1=O.Cl.